The Labute approximate surface area is 86.0 Å². The number of hydrogen-bond donors (Lipinski definition) is 0. The van der Waals surface area contributed by atoms with Gasteiger partial charge in [-0.25, -0.2) is 4.98 Å². The van der Waals surface area contributed by atoms with Gasteiger partial charge in [-0.3, -0.25) is 4.98 Å². The van der Waals surface area contributed by atoms with Crippen molar-refractivity contribution in [2.75, 3.05) is 0 Å². The average molecular weight is 198 g/mol. The number of ether oxygens (including phenoxy) is 1. The van der Waals surface area contributed by atoms with E-state index in [1.54, 1.807) is 24.5 Å². The predicted octanol–water partition coefficient (Wildman–Crippen LogP) is 1.54. The van der Waals surface area contributed by atoms with Gasteiger partial charge >= 0.3 is 6.01 Å². The minimum atomic E-state index is 0.141. The molecule has 0 aliphatic heterocycles. The van der Waals surface area contributed by atoms with E-state index in [0.717, 1.165) is 0 Å². The van der Waals surface area contributed by atoms with Crippen molar-refractivity contribution in [2.24, 2.45) is 0 Å². The van der Waals surface area contributed by atoms with Gasteiger partial charge in [-0.15, -0.1) is 0 Å². The fourth-order valence-corrected chi connectivity index (χ4v) is 0.965. The summed E-state index contributed by atoms with van der Waals surface area (Å²) >= 11 is 0. The Morgan fingerprint density at radius 2 is 2.20 bits per heavy atom. The lowest BCUT2D eigenvalue weighted by Gasteiger charge is -2.01. The van der Waals surface area contributed by atoms with Crippen LogP contribution < -0.4 is 4.74 Å². The molecule has 2 aromatic heterocycles. The third-order valence-electron chi connectivity index (χ3n) is 1.59. The van der Waals surface area contributed by atoms with Crippen LogP contribution in [0.15, 0.2) is 36.8 Å². The van der Waals surface area contributed by atoms with Crippen molar-refractivity contribution >= 4 is 0 Å². The maximum atomic E-state index is 8.62. The molecule has 0 atom stereocenters. The van der Waals surface area contributed by atoms with Gasteiger partial charge in [0.15, 0.2) is 0 Å². The molecule has 0 radical (unpaired) electrons. The molecule has 2 heterocycles. The lowest BCUT2D eigenvalue weighted by atomic mass is 10.4. The highest BCUT2D eigenvalue weighted by molar-refractivity contribution is 5.23. The molecule has 0 amide bonds. The molecule has 0 N–H and O–H groups in total. The molecule has 0 fully saturated rings. The smallest absolute Gasteiger partial charge is 0.323 e. The molecular weight excluding hydrogens is 192 g/mol. The third-order valence-corrected chi connectivity index (χ3v) is 1.59. The van der Waals surface area contributed by atoms with E-state index in [9.17, 15) is 0 Å². The number of hydrogen-bond acceptors (Lipinski definition) is 5. The molecule has 72 valence electrons. The van der Waals surface area contributed by atoms with Gasteiger partial charge in [0.25, 0.3) is 0 Å². The first kappa shape index (κ1) is 9.09. The first-order valence-electron chi connectivity index (χ1n) is 4.19. The van der Waals surface area contributed by atoms with Gasteiger partial charge in [0, 0.05) is 12.4 Å². The summed E-state index contributed by atoms with van der Waals surface area (Å²) in [4.78, 5) is 11.6. The van der Waals surface area contributed by atoms with Crippen molar-refractivity contribution in [1.29, 1.82) is 5.26 Å². The molecule has 0 spiro atoms. The van der Waals surface area contributed by atoms with Crippen molar-refractivity contribution in [1.82, 2.24) is 15.0 Å². The highest BCUT2D eigenvalue weighted by Gasteiger charge is 2.00. The van der Waals surface area contributed by atoms with Crippen LogP contribution in [0.2, 0.25) is 0 Å². The third kappa shape index (κ3) is 2.25. The van der Waals surface area contributed by atoms with Gasteiger partial charge in [-0.2, -0.15) is 10.2 Å². The van der Waals surface area contributed by atoms with Crippen LogP contribution >= 0.6 is 0 Å². The van der Waals surface area contributed by atoms with Crippen LogP contribution in [0.25, 0.3) is 0 Å². The van der Waals surface area contributed by atoms with E-state index in [4.69, 9.17) is 10.00 Å². The normalized spacial score (nSPS) is 9.27. The van der Waals surface area contributed by atoms with Gasteiger partial charge < -0.3 is 4.74 Å². The van der Waals surface area contributed by atoms with Crippen molar-refractivity contribution in [3.63, 3.8) is 0 Å². The molecule has 2 rings (SSSR count). The Bertz CT molecular complexity index is 492. The summed E-state index contributed by atoms with van der Waals surface area (Å²) in [6, 6.07) is 7.03. The number of pyridine rings is 1. The van der Waals surface area contributed by atoms with E-state index in [2.05, 4.69) is 15.0 Å². The standard InChI is InChI=1S/C10H6N4O/c11-6-8-3-5-13-10(14-8)15-9-2-1-4-12-7-9/h1-5,7H. The lowest BCUT2D eigenvalue weighted by Crippen LogP contribution is -1.93. The summed E-state index contributed by atoms with van der Waals surface area (Å²) in [7, 11) is 0. The molecular formula is C10H6N4O. The van der Waals surface area contributed by atoms with Crippen LogP contribution in [0.5, 0.6) is 11.8 Å². The van der Waals surface area contributed by atoms with Crippen LogP contribution in [0.4, 0.5) is 0 Å². The Kier molecular flexibility index (Phi) is 2.52. The van der Waals surface area contributed by atoms with Crippen LogP contribution in [-0.2, 0) is 0 Å². The number of nitriles is 1. The molecule has 0 saturated carbocycles. The molecule has 0 aromatic carbocycles. The van der Waals surface area contributed by atoms with Gasteiger partial charge in [-0.1, -0.05) is 0 Å². The molecule has 0 unspecified atom stereocenters. The monoisotopic (exact) mass is 198 g/mol. The maximum Gasteiger partial charge on any atom is 0.323 e. The Balaban J connectivity index is 2.22. The molecule has 5 heteroatoms. The summed E-state index contributed by atoms with van der Waals surface area (Å²) in [5.41, 5.74) is 0.267. The summed E-state index contributed by atoms with van der Waals surface area (Å²) in [6.07, 6.45) is 4.65. The van der Waals surface area contributed by atoms with Gasteiger partial charge in [0.2, 0.25) is 0 Å². The Hall–Kier alpha value is -2.48. The fraction of sp³-hybridized carbons (Fsp3) is 0. The fourth-order valence-electron chi connectivity index (χ4n) is 0.965. The Morgan fingerprint density at radius 3 is 2.93 bits per heavy atom. The zero-order valence-corrected chi connectivity index (χ0v) is 7.66. The largest absolute Gasteiger partial charge is 0.423 e. The predicted molar refractivity (Wildman–Crippen MR) is 51.1 cm³/mol. The van der Waals surface area contributed by atoms with Gasteiger partial charge in [0.1, 0.15) is 17.5 Å². The minimum absolute atomic E-state index is 0.141. The van der Waals surface area contributed by atoms with Crippen molar-refractivity contribution in [3.05, 3.63) is 42.5 Å². The summed E-state index contributed by atoms with van der Waals surface area (Å²) in [6.45, 7) is 0. The summed E-state index contributed by atoms with van der Waals surface area (Å²) < 4.78 is 5.28. The van der Waals surface area contributed by atoms with Crippen LogP contribution in [0.1, 0.15) is 5.69 Å². The topological polar surface area (TPSA) is 71.7 Å². The molecule has 2 aromatic rings. The quantitative estimate of drug-likeness (QED) is 0.731. The zero-order valence-electron chi connectivity index (χ0n) is 7.66. The van der Waals surface area contributed by atoms with Crippen LogP contribution in [0.3, 0.4) is 0 Å². The second kappa shape index (κ2) is 4.15. The van der Waals surface area contributed by atoms with Crippen molar-refractivity contribution in [2.45, 2.75) is 0 Å². The first-order chi connectivity index (χ1) is 7.38. The zero-order chi connectivity index (χ0) is 10.5. The SMILES string of the molecule is N#Cc1ccnc(Oc2cccnc2)n1. The number of aromatic nitrogens is 3. The summed E-state index contributed by atoms with van der Waals surface area (Å²) in [5.74, 6) is 0.535. The highest BCUT2D eigenvalue weighted by atomic mass is 16.5. The van der Waals surface area contributed by atoms with Crippen LogP contribution in [-0.4, -0.2) is 15.0 Å². The molecule has 15 heavy (non-hydrogen) atoms. The lowest BCUT2D eigenvalue weighted by molar-refractivity contribution is 0.439. The van der Waals surface area contributed by atoms with E-state index in [1.807, 2.05) is 6.07 Å². The van der Waals surface area contributed by atoms with E-state index < -0.39 is 0 Å². The van der Waals surface area contributed by atoms with E-state index >= 15 is 0 Å². The second-order valence-corrected chi connectivity index (χ2v) is 2.63. The Morgan fingerprint density at radius 1 is 1.27 bits per heavy atom. The van der Waals surface area contributed by atoms with Gasteiger partial charge in [0.05, 0.1) is 6.20 Å². The minimum Gasteiger partial charge on any atom is -0.423 e. The van der Waals surface area contributed by atoms with Crippen molar-refractivity contribution < 1.29 is 4.74 Å². The molecule has 0 aliphatic carbocycles. The van der Waals surface area contributed by atoms with E-state index in [0.29, 0.717) is 5.75 Å². The molecule has 0 bridgehead atoms. The van der Waals surface area contributed by atoms with Gasteiger partial charge in [-0.05, 0) is 18.2 Å². The van der Waals surface area contributed by atoms with Crippen molar-refractivity contribution in [3.8, 4) is 17.8 Å². The average Bonchev–Trinajstić information content (AvgIpc) is 2.31. The summed E-state index contributed by atoms with van der Waals surface area (Å²) in [5, 5.41) is 8.62. The van der Waals surface area contributed by atoms with E-state index in [1.165, 1.54) is 12.3 Å². The molecule has 0 saturated heterocycles. The number of rotatable bonds is 2. The highest BCUT2D eigenvalue weighted by Crippen LogP contribution is 2.14. The molecule has 5 nitrogen and oxygen atoms in total. The maximum absolute atomic E-state index is 8.62. The number of nitrogens with zero attached hydrogens (tertiary/aromatic N) is 4. The van der Waals surface area contributed by atoms with Crippen LogP contribution in [0, 0.1) is 11.3 Å². The molecule has 0 aliphatic rings. The first-order valence-corrected chi connectivity index (χ1v) is 4.19. The second-order valence-electron chi connectivity index (χ2n) is 2.63. The van der Waals surface area contributed by atoms with E-state index in [-0.39, 0.29) is 11.7 Å².